The zero-order chi connectivity index (χ0) is 19.8. The summed E-state index contributed by atoms with van der Waals surface area (Å²) in [7, 11) is 0. The third-order valence-electron chi connectivity index (χ3n) is 6.69. The molecule has 3 fully saturated rings. The zero-order valence-electron chi connectivity index (χ0n) is 16.8. The van der Waals surface area contributed by atoms with Gasteiger partial charge in [0.05, 0.1) is 11.4 Å². The van der Waals surface area contributed by atoms with Gasteiger partial charge in [0.25, 0.3) is 5.91 Å². The van der Waals surface area contributed by atoms with Crippen molar-refractivity contribution in [3.05, 3.63) is 30.0 Å². The van der Waals surface area contributed by atoms with E-state index < -0.39 is 0 Å². The van der Waals surface area contributed by atoms with Gasteiger partial charge in [-0.3, -0.25) is 19.6 Å². The molecule has 29 heavy (non-hydrogen) atoms. The molecule has 1 aliphatic carbocycles. The molecule has 2 amide bonds. The predicted octanol–water partition coefficient (Wildman–Crippen LogP) is 2.16. The van der Waals surface area contributed by atoms with E-state index in [4.69, 9.17) is 0 Å². The molecule has 3 heterocycles. The standard InChI is InChI=1S/C22H29N5O2/c28-21(23-16-7-8-16)15-4-3-11-27(14-15)17-9-12-26(13-10-17)22(29)20-18-5-1-2-6-19(18)24-25-20/h1-2,5-6,15-17H,3-4,7-14H2,(H,23,28)(H,24,25)/t15-/m1/s1. The zero-order valence-corrected chi connectivity index (χ0v) is 16.8. The van der Waals surface area contributed by atoms with Crippen LogP contribution in [0.15, 0.2) is 24.3 Å². The molecule has 1 saturated carbocycles. The summed E-state index contributed by atoms with van der Waals surface area (Å²) in [6, 6.07) is 8.66. The number of amides is 2. The minimum absolute atomic E-state index is 0.0150. The maximum Gasteiger partial charge on any atom is 0.274 e. The maximum absolute atomic E-state index is 13.0. The smallest absolute Gasteiger partial charge is 0.274 e. The van der Waals surface area contributed by atoms with Crippen LogP contribution in [0.25, 0.3) is 10.9 Å². The van der Waals surface area contributed by atoms with Gasteiger partial charge in [-0.15, -0.1) is 0 Å². The number of aromatic amines is 1. The third-order valence-corrected chi connectivity index (χ3v) is 6.69. The van der Waals surface area contributed by atoms with Crippen LogP contribution in [0.5, 0.6) is 0 Å². The van der Waals surface area contributed by atoms with Crippen LogP contribution in [0.4, 0.5) is 0 Å². The summed E-state index contributed by atoms with van der Waals surface area (Å²) in [5, 5.41) is 11.3. The Morgan fingerprint density at radius 1 is 1.03 bits per heavy atom. The molecule has 2 N–H and O–H groups in total. The quantitative estimate of drug-likeness (QED) is 0.831. The van der Waals surface area contributed by atoms with Crippen LogP contribution in [-0.2, 0) is 4.79 Å². The number of fused-ring (bicyclic) bond motifs is 1. The van der Waals surface area contributed by atoms with Crippen molar-refractivity contribution in [1.29, 1.82) is 0 Å². The van der Waals surface area contributed by atoms with Crippen molar-refractivity contribution in [2.45, 2.75) is 50.6 Å². The van der Waals surface area contributed by atoms with Gasteiger partial charge in [-0.2, -0.15) is 5.10 Å². The lowest BCUT2D eigenvalue weighted by atomic mass is 9.93. The number of carbonyl (C=O) groups is 2. The van der Waals surface area contributed by atoms with Crippen LogP contribution in [0.3, 0.4) is 0 Å². The first-order chi connectivity index (χ1) is 14.2. The first-order valence-corrected chi connectivity index (χ1v) is 11.0. The maximum atomic E-state index is 13.0. The Labute approximate surface area is 170 Å². The Hall–Kier alpha value is -2.41. The van der Waals surface area contributed by atoms with E-state index in [9.17, 15) is 9.59 Å². The number of piperidine rings is 2. The average molecular weight is 396 g/mol. The second-order valence-corrected chi connectivity index (χ2v) is 8.76. The van der Waals surface area contributed by atoms with E-state index in [0.717, 1.165) is 75.6 Å². The number of hydrogen-bond acceptors (Lipinski definition) is 4. The van der Waals surface area contributed by atoms with Crippen molar-refractivity contribution in [3.63, 3.8) is 0 Å². The fourth-order valence-electron chi connectivity index (χ4n) is 4.81. The van der Waals surface area contributed by atoms with Crippen LogP contribution in [0.2, 0.25) is 0 Å². The molecule has 1 atom stereocenters. The second kappa shape index (κ2) is 7.78. The lowest BCUT2D eigenvalue weighted by Gasteiger charge is -2.42. The molecule has 7 heteroatoms. The summed E-state index contributed by atoms with van der Waals surface area (Å²) in [6.45, 7) is 3.43. The second-order valence-electron chi connectivity index (χ2n) is 8.76. The summed E-state index contributed by atoms with van der Waals surface area (Å²) in [5.41, 5.74) is 1.42. The molecule has 1 aromatic heterocycles. The van der Waals surface area contributed by atoms with Gasteiger partial charge in [0.2, 0.25) is 5.91 Å². The van der Waals surface area contributed by atoms with Gasteiger partial charge in [0.15, 0.2) is 5.69 Å². The summed E-state index contributed by atoms with van der Waals surface area (Å²) in [6.07, 6.45) is 6.29. The Morgan fingerprint density at radius 2 is 1.83 bits per heavy atom. The number of rotatable bonds is 4. The number of nitrogens with zero attached hydrogens (tertiary/aromatic N) is 3. The largest absolute Gasteiger partial charge is 0.353 e. The molecule has 0 spiro atoms. The Morgan fingerprint density at radius 3 is 2.62 bits per heavy atom. The van der Waals surface area contributed by atoms with Gasteiger partial charge in [-0.05, 0) is 51.1 Å². The number of hydrogen-bond donors (Lipinski definition) is 2. The highest BCUT2D eigenvalue weighted by Gasteiger charge is 2.34. The lowest BCUT2D eigenvalue weighted by molar-refractivity contribution is -0.127. The van der Waals surface area contributed by atoms with E-state index in [-0.39, 0.29) is 17.7 Å². The lowest BCUT2D eigenvalue weighted by Crippen LogP contribution is -2.51. The molecule has 0 radical (unpaired) electrons. The number of carbonyl (C=O) groups excluding carboxylic acids is 2. The first-order valence-electron chi connectivity index (χ1n) is 11.0. The SMILES string of the molecule is O=C(NC1CC1)[C@@H]1CCCN(C2CCN(C(=O)c3n[nH]c4ccccc34)CC2)C1. The van der Waals surface area contributed by atoms with E-state index in [1.165, 1.54) is 0 Å². The topological polar surface area (TPSA) is 81.3 Å². The predicted molar refractivity (Wildman–Crippen MR) is 110 cm³/mol. The van der Waals surface area contributed by atoms with E-state index >= 15 is 0 Å². The van der Waals surface area contributed by atoms with Crippen molar-refractivity contribution in [3.8, 4) is 0 Å². The highest BCUT2D eigenvalue weighted by atomic mass is 16.2. The van der Waals surface area contributed by atoms with Crippen LogP contribution in [0, 0.1) is 5.92 Å². The Balaban J connectivity index is 1.18. The highest BCUT2D eigenvalue weighted by molar-refractivity contribution is 6.04. The minimum Gasteiger partial charge on any atom is -0.353 e. The summed E-state index contributed by atoms with van der Waals surface area (Å²) < 4.78 is 0. The van der Waals surface area contributed by atoms with Crippen molar-refractivity contribution < 1.29 is 9.59 Å². The van der Waals surface area contributed by atoms with E-state index in [1.54, 1.807) is 0 Å². The number of benzene rings is 1. The minimum atomic E-state index is 0.0150. The number of H-pyrrole nitrogens is 1. The summed E-state index contributed by atoms with van der Waals surface area (Å²) >= 11 is 0. The van der Waals surface area contributed by atoms with Crippen molar-refractivity contribution in [1.82, 2.24) is 25.3 Å². The van der Waals surface area contributed by atoms with Gasteiger partial charge in [0.1, 0.15) is 0 Å². The van der Waals surface area contributed by atoms with Crippen molar-refractivity contribution in [2.24, 2.45) is 5.92 Å². The number of para-hydroxylation sites is 1. The molecule has 7 nitrogen and oxygen atoms in total. The molecule has 1 aromatic carbocycles. The summed E-state index contributed by atoms with van der Waals surface area (Å²) in [5.74, 6) is 0.385. The van der Waals surface area contributed by atoms with Crippen molar-refractivity contribution >= 4 is 22.7 Å². The van der Waals surface area contributed by atoms with Gasteiger partial charge < -0.3 is 10.2 Å². The normalized spacial score (nSPS) is 24.0. The van der Waals surface area contributed by atoms with Gasteiger partial charge in [-0.1, -0.05) is 18.2 Å². The average Bonchev–Trinajstić information content (AvgIpc) is 3.48. The molecule has 5 rings (SSSR count). The molecule has 0 unspecified atom stereocenters. The molecule has 2 aliphatic heterocycles. The summed E-state index contributed by atoms with van der Waals surface area (Å²) in [4.78, 5) is 29.9. The third kappa shape index (κ3) is 3.88. The van der Waals surface area contributed by atoms with E-state index in [1.807, 2.05) is 29.2 Å². The number of likely N-dealkylation sites (tertiary alicyclic amines) is 2. The van der Waals surface area contributed by atoms with E-state index in [2.05, 4.69) is 20.4 Å². The Bertz CT molecular complexity index is 897. The molecule has 154 valence electrons. The molecule has 2 saturated heterocycles. The molecule has 3 aliphatic rings. The number of nitrogens with one attached hydrogen (secondary N) is 2. The Kier molecular flexibility index (Phi) is 4.99. The van der Waals surface area contributed by atoms with Crippen molar-refractivity contribution in [2.75, 3.05) is 26.2 Å². The fraction of sp³-hybridized carbons (Fsp3) is 0.591. The van der Waals surface area contributed by atoms with Gasteiger partial charge in [0, 0.05) is 37.1 Å². The monoisotopic (exact) mass is 395 g/mol. The van der Waals surface area contributed by atoms with Crippen LogP contribution < -0.4 is 5.32 Å². The van der Waals surface area contributed by atoms with Crippen LogP contribution >= 0.6 is 0 Å². The van der Waals surface area contributed by atoms with Gasteiger partial charge in [-0.25, -0.2) is 0 Å². The van der Waals surface area contributed by atoms with Crippen LogP contribution in [0.1, 0.15) is 49.0 Å². The highest BCUT2D eigenvalue weighted by Crippen LogP contribution is 2.27. The molecular formula is C22H29N5O2. The van der Waals surface area contributed by atoms with E-state index in [0.29, 0.717) is 17.8 Å². The number of aromatic nitrogens is 2. The first kappa shape index (κ1) is 18.6. The molecular weight excluding hydrogens is 366 g/mol. The molecule has 2 aromatic rings. The van der Waals surface area contributed by atoms with Gasteiger partial charge >= 0.3 is 0 Å². The van der Waals surface area contributed by atoms with Crippen LogP contribution in [-0.4, -0.2) is 70.1 Å². The molecule has 0 bridgehead atoms. The fourth-order valence-corrected chi connectivity index (χ4v) is 4.81.